The second kappa shape index (κ2) is 6.43. The number of morpholine rings is 1. The molecule has 0 aliphatic carbocycles. The van der Waals surface area contributed by atoms with Crippen molar-refractivity contribution in [1.82, 2.24) is 0 Å². The summed E-state index contributed by atoms with van der Waals surface area (Å²) < 4.78 is 11.1. The van der Waals surface area contributed by atoms with Crippen molar-refractivity contribution >= 4 is 5.69 Å². The molecule has 1 aromatic rings. The van der Waals surface area contributed by atoms with Crippen molar-refractivity contribution in [1.29, 1.82) is 0 Å². The molecule has 0 radical (unpaired) electrons. The van der Waals surface area contributed by atoms with Gasteiger partial charge in [-0.2, -0.15) is 0 Å². The molecule has 0 amide bonds. The molecular weight excluding hydrogens is 256 g/mol. The average molecular weight is 280 g/mol. The van der Waals surface area contributed by atoms with Crippen molar-refractivity contribution in [3.63, 3.8) is 0 Å². The first kappa shape index (κ1) is 15.1. The molecule has 1 fully saturated rings. The van der Waals surface area contributed by atoms with E-state index in [0.29, 0.717) is 6.54 Å². The highest BCUT2D eigenvalue weighted by atomic mass is 16.5. The van der Waals surface area contributed by atoms with Crippen LogP contribution in [0.4, 0.5) is 5.69 Å². The van der Waals surface area contributed by atoms with Gasteiger partial charge in [0.1, 0.15) is 5.75 Å². The number of aliphatic hydroxyl groups excluding tert-OH is 1. The fourth-order valence-corrected chi connectivity index (χ4v) is 2.79. The van der Waals surface area contributed by atoms with Gasteiger partial charge in [0.25, 0.3) is 0 Å². The summed E-state index contributed by atoms with van der Waals surface area (Å²) in [5, 5.41) is 9.35. The van der Waals surface area contributed by atoms with Gasteiger partial charge in [0.05, 0.1) is 25.9 Å². The summed E-state index contributed by atoms with van der Waals surface area (Å²) in [6, 6.07) is 5.82. The Labute approximate surface area is 120 Å². The van der Waals surface area contributed by atoms with Crippen LogP contribution in [0, 0.1) is 0 Å². The Hall–Kier alpha value is -1.30. The van der Waals surface area contributed by atoms with Crippen LogP contribution in [-0.4, -0.2) is 44.1 Å². The fraction of sp³-hybridized carbons (Fsp3) is 0.600. The number of aliphatic hydroxyl groups is 1. The lowest BCUT2D eigenvalue weighted by Gasteiger charge is -2.39. The molecule has 0 bridgehead atoms. The van der Waals surface area contributed by atoms with Crippen LogP contribution < -0.4 is 15.4 Å². The molecule has 20 heavy (non-hydrogen) atoms. The van der Waals surface area contributed by atoms with Crippen LogP contribution >= 0.6 is 0 Å². The summed E-state index contributed by atoms with van der Waals surface area (Å²) in [5.74, 6) is 0.803. The predicted octanol–water partition coefficient (Wildman–Crippen LogP) is 1.30. The molecule has 1 aliphatic rings. The minimum Gasteiger partial charge on any atom is -0.496 e. The monoisotopic (exact) mass is 280 g/mol. The van der Waals surface area contributed by atoms with Gasteiger partial charge >= 0.3 is 0 Å². The lowest BCUT2D eigenvalue weighted by molar-refractivity contribution is -0.0421. The predicted molar refractivity (Wildman–Crippen MR) is 79.2 cm³/mol. The maximum absolute atomic E-state index is 9.35. The number of rotatable bonds is 4. The van der Waals surface area contributed by atoms with E-state index < -0.39 is 0 Å². The van der Waals surface area contributed by atoms with Crippen LogP contribution in [0.15, 0.2) is 18.2 Å². The quantitative estimate of drug-likeness (QED) is 0.870. The van der Waals surface area contributed by atoms with Crippen LogP contribution in [0.2, 0.25) is 0 Å². The van der Waals surface area contributed by atoms with Gasteiger partial charge < -0.3 is 25.2 Å². The van der Waals surface area contributed by atoms with E-state index in [1.165, 1.54) is 0 Å². The molecule has 5 heteroatoms. The van der Waals surface area contributed by atoms with E-state index in [1.54, 1.807) is 7.11 Å². The van der Waals surface area contributed by atoms with Crippen molar-refractivity contribution in [3.8, 4) is 5.75 Å². The smallest absolute Gasteiger partial charge is 0.125 e. The normalized spacial score (nSPS) is 24.6. The number of anilines is 1. The molecule has 1 aromatic carbocycles. The van der Waals surface area contributed by atoms with Gasteiger partial charge in [-0.3, -0.25) is 0 Å². The Balaban J connectivity index is 2.36. The first-order valence-electron chi connectivity index (χ1n) is 7.00. The highest BCUT2D eigenvalue weighted by Gasteiger charge is 2.27. The lowest BCUT2D eigenvalue weighted by Crippen LogP contribution is -2.48. The first-order valence-corrected chi connectivity index (χ1v) is 7.00. The Morgan fingerprint density at radius 3 is 2.85 bits per heavy atom. The van der Waals surface area contributed by atoms with Crippen LogP contribution in [0.5, 0.6) is 5.75 Å². The summed E-state index contributed by atoms with van der Waals surface area (Å²) in [4.78, 5) is 2.22. The average Bonchev–Trinajstić information content (AvgIpc) is 2.45. The van der Waals surface area contributed by atoms with E-state index in [0.717, 1.165) is 23.5 Å². The molecule has 1 aliphatic heterocycles. The minimum atomic E-state index is -0.161. The van der Waals surface area contributed by atoms with Crippen LogP contribution in [0.25, 0.3) is 0 Å². The van der Waals surface area contributed by atoms with Crippen molar-refractivity contribution in [2.45, 2.75) is 32.1 Å². The molecule has 1 heterocycles. The highest BCUT2D eigenvalue weighted by molar-refractivity contribution is 5.61. The zero-order valence-electron chi connectivity index (χ0n) is 12.4. The number of benzene rings is 1. The fourth-order valence-electron chi connectivity index (χ4n) is 2.79. The largest absolute Gasteiger partial charge is 0.496 e. The van der Waals surface area contributed by atoms with Crippen molar-refractivity contribution in [3.05, 3.63) is 23.8 Å². The first-order chi connectivity index (χ1) is 9.56. The Kier molecular flexibility index (Phi) is 4.86. The van der Waals surface area contributed by atoms with Gasteiger partial charge in [0, 0.05) is 30.4 Å². The SMILES string of the molecule is COc1cccc(N2CC(C)OC(CO)C2)c1[C@@H](C)N. The van der Waals surface area contributed by atoms with Crippen molar-refractivity contribution in [2.75, 3.05) is 31.7 Å². The molecule has 2 unspecified atom stereocenters. The maximum atomic E-state index is 9.35. The molecule has 3 N–H and O–H groups in total. The molecular formula is C15H24N2O3. The summed E-state index contributed by atoms with van der Waals surface area (Å²) in [6.07, 6.45) is -0.0843. The van der Waals surface area contributed by atoms with E-state index in [2.05, 4.69) is 4.90 Å². The van der Waals surface area contributed by atoms with E-state index in [4.69, 9.17) is 15.2 Å². The molecule has 0 spiro atoms. The lowest BCUT2D eigenvalue weighted by atomic mass is 10.0. The summed E-state index contributed by atoms with van der Waals surface area (Å²) in [6.45, 7) is 5.44. The standard InChI is InChI=1S/C15H24N2O3/c1-10-7-17(8-12(9-18)20-10)13-5-4-6-14(19-3)15(13)11(2)16/h4-6,10-12,18H,7-9,16H2,1-3H3/t10?,11-,12?/m1/s1. The van der Waals surface area contributed by atoms with Gasteiger partial charge in [-0.05, 0) is 26.0 Å². The van der Waals surface area contributed by atoms with E-state index in [-0.39, 0.29) is 24.9 Å². The van der Waals surface area contributed by atoms with E-state index in [9.17, 15) is 5.11 Å². The van der Waals surface area contributed by atoms with Gasteiger partial charge in [-0.15, -0.1) is 0 Å². The van der Waals surface area contributed by atoms with Crippen molar-refractivity contribution in [2.24, 2.45) is 5.73 Å². The third kappa shape index (κ3) is 3.06. The zero-order valence-corrected chi connectivity index (χ0v) is 12.4. The third-order valence-corrected chi connectivity index (χ3v) is 3.59. The number of hydrogen-bond donors (Lipinski definition) is 2. The number of hydrogen-bond acceptors (Lipinski definition) is 5. The van der Waals surface area contributed by atoms with Crippen molar-refractivity contribution < 1.29 is 14.6 Å². The molecule has 1 saturated heterocycles. The summed E-state index contributed by atoms with van der Waals surface area (Å²) in [5.41, 5.74) is 8.18. The number of methoxy groups -OCH3 is 1. The van der Waals surface area contributed by atoms with Crippen LogP contribution in [-0.2, 0) is 4.74 Å². The zero-order chi connectivity index (χ0) is 14.7. The summed E-state index contributed by atoms with van der Waals surface area (Å²) in [7, 11) is 1.66. The molecule has 0 aromatic heterocycles. The molecule has 112 valence electrons. The Bertz CT molecular complexity index is 451. The molecule has 0 saturated carbocycles. The van der Waals surface area contributed by atoms with Crippen LogP contribution in [0.3, 0.4) is 0 Å². The van der Waals surface area contributed by atoms with Gasteiger partial charge in [0.2, 0.25) is 0 Å². The van der Waals surface area contributed by atoms with E-state index in [1.807, 2.05) is 32.0 Å². The van der Waals surface area contributed by atoms with Gasteiger partial charge in [-0.25, -0.2) is 0 Å². The Morgan fingerprint density at radius 2 is 2.25 bits per heavy atom. The maximum Gasteiger partial charge on any atom is 0.125 e. The topological polar surface area (TPSA) is 68.0 Å². The van der Waals surface area contributed by atoms with Gasteiger partial charge in [-0.1, -0.05) is 6.07 Å². The number of ether oxygens (including phenoxy) is 2. The minimum absolute atomic E-state index is 0.0261. The van der Waals surface area contributed by atoms with Crippen LogP contribution in [0.1, 0.15) is 25.5 Å². The molecule has 2 rings (SSSR count). The number of nitrogens with zero attached hydrogens (tertiary/aromatic N) is 1. The number of nitrogens with two attached hydrogens (primary N) is 1. The third-order valence-electron chi connectivity index (χ3n) is 3.59. The second-order valence-corrected chi connectivity index (χ2v) is 5.34. The Morgan fingerprint density at radius 1 is 1.50 bits per heavy atom. The second-order valence-electron chi connectivity index (χ2n) is 5.34. The van der Waals surface area contributed by atoms with E-state index >= 15 is 0 Å². The molecule has 3 atom stereocenters. The van der Waals surface area contributed by atoms with Gasteiger partial charge in [0.15, 0.2) is 0 Å². The highest BCUT2D eigenvalue weighted by Crippen LogP contribution is 2.34. The summed E-state index contributed by atoms with van der Waals surface area (Å²) >= 11 is 0. The molecule has 5 nitrogen and oxygen atoms in total.